The van der Waals surface area contributed by atoms with Crippen LogP contribution in [0.1, 0.15) is 25.7 Å². The summed E-state index contributed by atoms with van der Waals surface area (Å²) in [7, 11) is 3.94. The van der Waals surface area contributed by atoms with Gasteiger partial charge in [0, 0.05) is 43.4 Å². The Labute approximate surface area is 150 Å². The summed E-state index contributed by atoms with van der Waals surface area (Å²) in [6.45, 7) is 3.55. The molecule has 3 rings (SSSR count). The summed E-state index contributed by atoms with van der Waals surface area (Å²) in [5, 5.41) is 3.55. The van der Waals surface area contributed by atoms with E-state index in [9.17, 15) is 0 Å². The van der Waals surface area contributed by atoms with Gasteiger partial charge in [-0.1, -0.05) is 18.2 Å². The molecule has 0 spiro atoms. The van der Waals surface area contributed by atoms with E-state index in [-0.39, 0.29) is 0 Å². The summed E-state index contributed by atoms with van der Waals surface area (Å²) in [5.41, 5.74) is 0. The quantitative estimate of drug-likeness (QED) is 0.423. The minimum Gasteiger partial charge on any atom is -0.379 e. The normalized spacial score (nSPS) is 19.2. The van der Waals surface area contributed by atoms with Crippen LogP contribution < -0.4 is 5.32 Å². The maximum Gasteiger partial charge on any atom is 0.193 e. The van der Waals surface area contributed by atoms with Gasteiger partial charge in [-0.05, 0) is 43.7 Å². The lowest BCUT2D eigenvalue weighted by Crippen LogP contribution is -2.43. The summed E-state index contributed by atoms with van der Waals surface area (Å²) >= 11 is 1.99. The maximum atomic E-state index is 5.73. The van der Waals surface area contributed by atoms with E-state index in [0.29, 0.717) is 4.75 Å². The van der Waals surface area contributed by atoms with Gasteiger partial charge >= 0.3 is 0 Å². The van der Waals surface area contributed by atoms with Crippen molar-refractivity contribution in [2.45, 2.75) is 35.3 Å². The molecule has 4 nitrogen and oxygen atoms in total. The van der Waals surface area contributed by atoms with Gasteiger partial charge in [-0.2, -0.15) is 0 Å². The highest BCUT2D eigenvalue weighted by Gasteiger charge is 2.43. The summed E-state index contributed by atoms with van der Waals surface area (Å²) in [5.74, 6) is 1.79. The molecule has 0 saturated heterocycles. The van der Waals surface area contributed by atoms with Gasteiger partial charge in [0.2, 0.25) is 0 Å². The van der Waals surface area contributed by atoms with E-state index in [4.69, 9.17) is 4.74 Å². The first-order valence-electron chi connectivity index (χ1n) is 8.94. The number of ether oxygens (including phenoxy) is 1. The fourth-order valence-electron chi connectivity index (χ4n) is 2.66. The van der Waals surface area contributed by atoms with Crippen molar-refractivity contribution in [3.05, 3.63) is 30.3 Å². The number of hydrogen-bond acceptors (Lipinski definition) is 3. The van der Waals surface area contributed by atoms with Crippen LogP contribution in [-0.2, 0) is 4.74 Å². The molecule has 0 unspecified atom stereocenters. The van der Waals surface area contributed by atoms with E-state index in [0.717, 1.165) is 38.2 Å². The molecule has 2 aliphatic carbocycles. The first-order valence-corrected chi connectivity index (χ1v) is 9.76. The van der Waals surface area contributed by atoms with Gasteiger partial charge < -0.3 is 15.0 Å². The fraction of sp³-hybridized carbons (Fsp3) is 0.632. The molecular formula is C19H29N3OS. The topological polar surface area (TPSA) is 36.9 Å². The van der Waals surface area contributed by atoms with E-state index in [2.05, 4.69) is 52.6 Å². The Morgan fingerprint density at radius 2 is 2.08 bits per heavy atom. The molecule has 0 amide bonds. The summed E-state index contributed by atoms with van der Waals surface area (Å²) < 4.78 is 6.07. The summed E-state index contributed by atoms with van der Waals surface area (Å²) in [4.78, 5) is 7.94. The summed E-state index contributed by atoms with van der Waals surface area (Å²) in [6.07, 6.45) is 5.23. The zero-order valence-corrected chi connectivity index (χ0v) is 15.6. The second-order valence-electron chi connectivity index (χ2n) is 6.94. The maximum absolute atomic E-state index is 5.73. The van der Waals surface area contributed by atoms with Crippen molar-refractivity contribution < 1.29 is 4.74 Å². The van der Waals surface area contributed by atoms with E-state index in [1.165, 1.54) is 30.6 Å². The van der Waals surface area contributed by atoms with Crippen LogP contribution in [-0.4, -0.2) is 56.0 Å². The zero-order valence-electron chi connectivity index (χ0n) is 14.8. The molecule has 1 N–H and O–H groups in total. The third-order valence-corrected chi connectivity index (χ3v) is 6.14. The van der Waals surface area contributed by atoms with Gasteiger partial charge in [0.1, 0.15) is 0 Å². The standard InChI is InChI=1S/C19H29N3OS/c1-20-18(22(2)12-13-23-14-16-8-9-16)21-15-19(10-11-19)24-17-6-4-3-5-7-17/h3-7,16H,8-15H2,1-2H3,(H,20,21). The van der Waals surface area contributed by atoms with Crippen LogP contribution in [0.15, 0.2) is 40.2 Å². The predicted octanol–water partition coefficient (Wildman–Crippen LogP) is 3.25. The van der Waals surface area contributed by atoms with Crippen molar-refractivity contribution in [1.29, 1.82) is 0 Å². The number of benzene rings is 1. The van der Waals surface area contributed by atoms with Gasteiger partial charge in [0.15, 0.2) is 5.96 Å². The number of likely N-dealkylation sites (N-methyl/N-ethyl adjacent to an activating group) is 1. The fourth-order valence-corrected chi connectivity index (χ4v) is 3.90. The van der Waals surface area contributed by atoms with Gasteiger partial charge in [-0.15, -0.1) is 11.8 Å². The molecule has 1 aromatic rings. The van der Waals surface area contributed by atoms with E-state index < -0.39 is 0 Å². The minimum absolute atomic E-state index is 0.334. The predicted molar refractivity (Wildman–Crippen MR) is 102 cm³/mol. The number of rotatable bonds is 9. The Morgan fingerprint density at radius 1 is 1.33 bits per heavy atom. The van der Waals surface area contributed by atoms with Crippen molar-refractivity contribution in [3.8, 4) is 0 Å². The lowest BCUT2D eigenvalue weighted by molar-refractivity contribution is 0.115. The Balaban J connectivity index is 1.39. The highest BCUT2D eigenvalue weighted by atomic mass is 32.2. The van der Waals surface area contributed by atoms with Gasteiger partial charge in [-0.3, -0.25) is 4.99 Å². The first-order chi connectivity index (χ1) is 11.7. The third-order valence-electron chi connectivity index (χ3n) is 4.65. The SMILES string of the molecule is CN=C(NCC1(Sc2ccccc2)CC1)N(C)CCOCC1CC1. The van der Waals surface area contributed by atoms with E-state index in [1.807, 2.05) is 18.8 Å². The molecule has 0 bridgehead atoms. The van der Waals surface area contributed by atoms with Crippen LogP contribution >= 0.6 is 11.8 Å². The Morgan fingerprint density at radius 3 is 2.71 bits per heavy atom. The smallest absolute Gasteiger partial charge is 0.193 e. The highest BCUT2D eigenvalue weighted by molar-refractivity contribution is 8.01. The Hall–Kier alpha value is -1.20. The van der Waals surface area contributed by atoms with E-state index in [1.54, 1.807) is 0 Å². The number of nitrogens with one attached hydrogen (secondary N) is 1. The molecule has 0 radical (unpaired) electrons. The molecule has 0 atom stereocenters. The molecule has 2 saturated carbocycles. The molecule has 0 aromatic heterocycles. The number of nitrogens with zero attached hydrogens (tertiary/aromatic N) is 2. The van der Waals surface area contributed by atoms with Gasteiger partial charge in [0.05, 0.1) is 6.61 Å². The monoisotopic (exact) mass is 347 g/mol. The van der Waals surface area contributed by atoms with Gasteiger partial charge in [-0.25, -0.2) is 0 Å². The van der Waals surface area contributed by atoms with Crippen LogP contribution in [0.25, 0.3) is 0 Å². The molecule has 24 heavy (non-hydrogen) atoms. The van der Waals surface area contributed by atoms with Gasteiger partial charge in [0.25, 0.3) is 0 Å². The van der Waals surface area contributed by atoms with Crippen LogP contribution in [0.4, 0.5) is 0 Å². The first kappa shape index (κ1) is 17.6. The highest BCUT2D eigenvalue weighted by Crippen LogP contribution is 2.51. The van der Waals surface area contributed by atoms with Crippen molar-refractivity contribution in [2.75, 3.05) is 40.4 Å². The molecule has 5 heteroatoms. The lowest BCUT2D eigenvalue weighted by atomic mass is 10.4. The zero-order chi connectivity index (χ0) is 16.8. The number of guanidine groups is 1. The van der Waals surface area contributed by atoms with Crippen LogP contribution in [0.2, 0.25) is 0 Å². The van der Waals surface area contributed by atoms with Crippen molar-refractivity contribution >= 4 is 17.7 Å². The molecule has 0 aliphatic heterocycles. The third kappa shape index (κ3) is 5.42. The number of aliphatic imine (C=N–C) groups is 1. The van der Waals surface area contributed by atoms with Crippen LogP contribution in [0.3, 0.4) is 0 Å². The Kier molecular flexibility index (Phi) is 6.06. The largest absolute Gasteiger partial charge is 0.379 e. The molecular weight excluding hydrogens is 318 g/mol. The van der Waals surface area contributed by atoms with Crippen molar-refractivity contribution in [2.24, 2.45) is 10.9 Å². The molecule has 1 aromatic carbocycles. The average molecular weight is 348 g/mol. The number of thioether (sulfide) groups is 1. The average Bonchev–Trinajstić information content (AvgIpc) is 3.51. The molecule has 2 fully saturated rings. The number of hydrogen-bond donors (Lipinski definition) is 1. The van der Waals surface area contributed by atoms with E-state index >= 15 is 0 Å². The second-order valence-corrected chi connectivity index (χ2v) is 8.48. The van der Waals surface area contributed by atoms with Crippen LogP contribution in [0.5, 0.6) is 0 Å². The van der Waals surface area contributed by atoms with Crippen molar-refractivity contribution in [3.63, 3.8) is 0 Å². The molecule has 2 aliphatic rings. The van der Waals surface area contributed by atoms with Crippen LogP contribution in [0, 0.1) is 5.92 Å². The van der Waals surface area contributed by atoms with Crippen molar-refractivity contribution in [1.82, 2.24) is 10.2 Å². The minimum atomic E-state index is 0.334. The lowest BCUT2D eigenvalue weighted by Gasteiger charge is -2.24. The Bertz CT molecular complexity index is 541. The molecule has 132 valence electrons. The molecule has 0 heterocycles. The summed E-state index contributed by atoms with van der Waals surface area (Å²) in [6, 6.07) is 10.7. The second kappa shape index (κ2) is 8.26.